The van der Waals surface area contributed by atoms with Crippen LogP contribution in [-0.2, 0) is 4.79 Å². The van der Waals surface area contributed by atoms with Gasteiger partial charge >= 0.3 is 6.03 Å². The summed E-state index contributed by atoms with van der Waals surface area (Å²) in [5, 5.41) is 0. The van der Waals surface area contributed by atoms with Gasteiger partial charge in [-0.2, -0.15) is 0 Å². The fourth-order valence-corrected chi connectivity index (χ4v) is 3.82. The standard InChI is InChI=1S/C21H20FN3O3/c22-18-9-5-4-8-17(18)20(27)23-12-10-15(11-13-23)24-14-19(26)25(21(24)28)16-6-2-1-3-7-16/h1-9,15H,10-14H2. The number of amides is 4. The molecule has 144 valence electrons. The van der Waals surface area contributed by atoms with E-state index < -0.39 is 5.82 Å². The molecule has 2 aliphatic heterocycles. The van der Waals surface area contributed by atoms with E-state index in [1.165, 1.54) is 17.0 Å². The van der Waals surface area contributed by atoms with Gasteiger partial charge < -0.3 is 9.80 Å². The highest BCUT2D eigenvalue weighted by molar-refractivity contribution is 6.19. The minimum absolute atomic E-state index is 0.0413. The zero-order valence-corrected chi connectivity index (χ0v) is 15.3. The van der Waals surface area contributed by atoms with Crippen LogP contribution in [0.3, 0.4) is 0 Å². The van der Waals surface area contributed by atoms with Crippen molar-refractivity contribution >= 4 is 23.5 Å². The highest BCUT2D eigenvalue weighted by atomic mass is 19.1. The van der Waals surface area contributed by atoms with E-state index in [2.05, 4.69) is 0 Å². The maximum absolute atomic E-state index is 13.9. The van der Waals surface area contributed by atoms with E-state index >= 15 is 0 Å². The fourth-order valence-electron chi connectivity index (χ4n) is 3.82. The molecule has 0 saturated carbocycles. The second-order valence-electron chi connectivity index (χ2n) is 6.98. The number of para-hydroxylation sites is 1. The first-order valence-corrected chi connectivity index (χ1v) is 9.28. The van der Waals surface area contributed by atoms with Crippen LogP contribution in [0, 0.1) is 5.82 Å². The zero-order valence-electron chi connectivity index (χ0n) is 15.3. The molecule has 0 atom stereocenters. The van der Waals surface area contributed by atoms with Crippen molar-refractivity contribution in [2.45, 2.75) is 18.9 Å². The van der Waals surface area contributed by atoms with Crippen molar-refractivity contribution in [2.75, 3.05) is 24.5 Å². The van der Waals surface area contributed by atoms with Crippen molar-refractivity contribution in [3.8, 4) is 0 Å². The third kappa shape index (κ3) is 3.24. The van der Waals surface area contributed by atoms with Crippen LogP contribution in [0.4, 0.5) is 14.9 Å². The molecule has 0 radical (unpaired) electrons. The van der Waals surface area contributed by atoms with E-state index in [9.17, 15) is 18.8 Å². The molecule has 0 aromatic heterocycles. The highest BCUT2D eigenvalue weighted by Gasteiger charge is 2.41. The molecule has 0 unspecified atom stereocenters. The summed E-state index contributed by atoms with van der Waals surface area (Å²) in [7, 11) is 0. The van der Waals surface area contributed by atoms with Crippen molar-refractivity contribution in [1.82, 2.24) is 9.80 Å². The largest absolute Gasteiger partial charge is 0.338 e. The predicted molar refractivity (Wildman–Crippen MR) is 101 cm³/mol. The SMILES string of the molecule is O=C(c1ccccc1F)N1CCC(N2CC(=O)N(c3ccccc3)C2=O)CC1. The second-order valence-corrected chi connectivity index (χ2v) is 6.98. The Kier molecular flexibility index (Phi) is 4.81. The Balaban J connectivity index is 1.42. The summed E-state index contributed by atoms with van der Waals surface area (Å²) in [6, 6.07) is 14.3. The molecule has 7 heteroatoms. The number of benzene rings is 2. The summed E-state index contributed by atoms with van der Waals surface area (Å²) < 4.78 is 13.9. The molecule has 0 aliphatic carbocycles. The lowest BCUT2D eigenvalue weighted by Crippen LogP contribution is -2.48. The van der Waals surface area contributed by atoms with Gasteiger partial charge in [-0.25, -0.2) is 14.1 Å². The lowest BCUT2D eigenvalue weighted by Gasteiger charge is -2.36. The van der Waals surface area contributed by atoms with Crippen LogP contribution in [-0.4, -0.2) is 53.3 Å². The maximum Gasteiger partial charge on any atom is 0.332 e. The van der Waals surface area contributed by atoms with E-state index in [4.69, 9.17) is 0 Å². The Bertz CT molecular complexity index is 910. The molecule has 0 spiro atoms. The number of nitrogens with zero attached hydrogens (tertiary/aromatic N) is 3. The minimum Gasteiger partial charge on any atom is -0.338 e. The van der Waals surface area contributed by atoms with E-state index in [1.54, 1.807) is 46.2 Å². The number of likely N-dealkylation sites (tertiary alicyclic amines) is 1. The van der Waals surface area contributed by atoms with Crippen LogP contribution < -0.4 is 4.90 Å². The van der Waals surface area contributed by atoms with Gasteiger partial charge in [0.05, 0.1) is 11.3 Å². The molecule has 2 fully saturated rings. The van der Waals surface area contributed by atoms with Crippen molar-refractivity contribution in [1.29, 1.82) is 0 Å². The summed E-state index contributed by atoms with van der Waals surface area (Å²) in [4.78, 5) is 42.1. The van der Waals surface area contributed by atoms with E-state index in [0.717, 1.165) is 0 Å². The molecule has 2 aliphatic rings. The lowest BCUT2D eigenvalue weighted by molar-refractivity contribution is -0.116. The van der Waals surface area contributed by atoms with Gasteiger partial charge in [-0.15, -0.1) is 0 Å². The number of hydrogen-bond acceptors (Lipinski definition) is 3. The van der Waals surface area contributed by atoms with Gasteiger partial charge in [0.15, 0.2) is 0 Å². The molecular formula is C21H20FN3O3. The van der Waals surface area contributed by atoms with Crippen LogP contribution in [0.15, 0.2) is 54.6 Å². The first-order chi connectivity index (χ1) is 13.6. The minimum atomic E-state index is -0.534. The number of hydrogen-bond donors (Lipinski definition) is 0. The average Bonchev–Trinajstić information content (AvgIpc) is 3.02. The van der Waals surface area contributed by atoms with Crippen molar-refractivity contribution in [2.24, 2.45) is 0 Å². The van der Waals surface area contributed by atoms with Crippen LogP contribution >= 0.6 is 0 Å². The van der Waals surface area contributed by atoms with Gasteiger partial charge in [0.1, 0.15) is 12.4 Å². The number of carbonyl (C=O) groups is 3. The Morgan fingerprint density at radius 1 is 0.929 bits per heavy atom. The maximum atomic E-state index is 13.9. The summed E-state index contributed by atoms with van der Waals surface area (Å²) in [6.45, 7) is 0.877. The number of piperidine rings is 1. The molecule has 6 nitrogen and oxygen atoms in total. The van der Waals surface area contributed by atoms with Crippen LogP contribution in [0.2, 0.25) is 0 Å². The lowest BCUT2D eigenvalue weighted by atomic mass is 10.0. The molecule has 4 rings (SSSR count). The van der Waals surface area contributed by atoms with E-state index in [1.807, 2.05) is 6.07 Å². The molecule has 28 heavy (non-hydrogen) atoms. The summed E-state index contributed by atoms with van der Waals surface area (Å²) >= 11 is 0. The predicted octanol–water partition coefficient (Wildman–Crippen LogP) is 2.90. The average molecular weight is 381 g/mol. The highest BCUT2D eigenvalue weighted by Crippen LogP contribution is 2.26. The summed E-state index contributed by atoms with van der Waals surface area (Å²) in [6.07, 6.45) is 1.11. The molecule has 0 N–H and O–H groups in total. The quantitative estimate of drug-likeness (QED) is 0.768. The Labute approximate surface area is 162 Å². The normalized spacial score (nSPS) is 18.1. The smallest absolute Gasteiger partial charge is 0.332 e. The first kappa shape index (κ1) is 18.2. The van der Waals surface area contributed by atoms with Crippen LogP contribution in [0.1, 0.15) is 23.2 Å². The third-order valence-electron chi connectivity index (χ3n) is 5.30. The van der Waals surface area contributed by atoms with E-state index in [-0.39, 0.29) is 36.0 Å². The molecular weight excluding hydrogens is 361 g/mol. The third-order valence-corrected chi connectivity index (χ3v) is 5.30. The van der Waals surface area contributed by atoms with Crippen LogP contribution in [0.25, 0.3) is 0 Å². The van der Waals surface area contributed by atoms with Gasteiger partial charge in [-0.05, 0) is 37.1 Å². The Hall–Kier alpha value is -3.22. The van der Waals surface area contributed by atoms with Gasteiger partial charge in [-0.3, -0.25) is 9.59 Å². The number of anilines is 1. The molecule has 2 aromatic carbocycles. The number of halogens is 1. The number of urea groups is 1. The van der Waals surface area contributed by atoms with Crippen LogP contribution in [0.5, 0.6) is 0 Å². The molecule has 4 amide bonds. The van der Waals surface area contributed by atoms with Gasteiger partial charge in [0.2, 0.25) is 0 Å². The van der Waals surface area contributed by atoms with Crippen molar-refractivity contribution < 1.29 is 18.8 Å². The van der Waals surface area contributed by atoms with E-state index in [0.29, 0.717) is 31.6 Å². The second kappa shape index (κ2) is 7.42. The van der Waals surface area contributed by atoms with Gasteiger partial charge in [0.25, 0.3) is 11.8 Å². The first-order valence-electron chi connectivity index (χ1n) is 9.28. The van der Waals surface area contributed by atoms with Crippen molar-refractivity contribution in [3.63, 3.8) is 0 Å². The fraction of sp³-hybridized carbons (Fsp3) is 0.286. The molecule has 2 heterocycles. The number of rotatable bonds is 3. The topological polar surface area (TPSA) is 60.9 Å². The van der Waals surface area contributed by atoms with Gasteiger partial charge in [-0.1, -0.05) is 30.3 Å². The number of imide groups is 1. The summed E-state index contributed by atoms with van der Waals surface area (Å²) in [5.74, 6) is -1.12. The monoisotopic (exact) mass is 381 g/mol. The number of carbonyl (C=O) groups excluding carboxylic acids is 3. The Morgan fingerprint density at radius 2 is 1.57 bits per heavy atom. The summed E-state index contributed by atoms with van der Waals surface area (Å²) in [5.41, 5.74) is 0.621. The van der Waals surface area contributed by atoms with Gasteiger partial charge in [0, 0.05) is 19.1 Å². The zero-order chi connectivity index (χ0) is 19.7. The molecule has 2 saturated heterocycles. The molecule has 0 bridgehead atoms. The Morgan fingerprint density at radius 3 is 2.25 bits per heavy atom. The van der Waals surface area contributed by atoms with Crippen molar-refractivity contribution in [3.05, 3.63) is 66.0 Å². The molecule has 2 aromatic rings.